The Morgan fingerprint density at radius 2 is 1.67 bits per heavy atom. The SMILES string of the molecule is Cc1ccc(Nc2cc(C)nc3c(-c4ccccc4)cnn23)cc1. The van der Waals surface area contributed by atoms with Crippen LogP contribution in [0.5, 0.6) is 0 Å². The minimum Gasteiger partial charge on any atom is -0.340 e. The number of aromatic nitrogens is 3. The molecule has 4 aromatic rings. The van der Waals surface area contributed by atoms with Crippen LogP contribution in [-0.4, -0.2) is 14.6 Å². The molecule has 2 aromatic heterocycles. The van der Waals surface area contributed by atoms with Crippen LogP contribution in [0.3, 0.4) is 0 Å². The Kier molecular flexibility index (Phi) is 3.50. The van der Waals surface area contributed by atoms with E-state index < -0.39 is 0 Å². The summed E-state index contributed by atoms with van der Waals surface area (Å²) in [5.74, 6) is 0.906. The number of nitrogens with zero attached hydrogens (tertiary/aromatic N) is 3. The van der Waals surface area contributed by atoms with Crippen LogP contribution in [0.4, 0.5) is 11.5 Å². The second-order valence-corrected chi connectivity index (χ2v) is 5.93. The number of hydrogen-bond donors (Lipinski definition) is 1. The maximum absolute atomic E-state index is 4.69. The Balaban J connectivity index is 1.82. The van der Waals surface area contributed by atoms with Crippen molar-refractivity contribution in [2.75, 3.05) is 5.32 Å². The average molecular weight is 314 g/mol. The molecule has 24 heavy (non-hydrogen) atoms. The lowest BCUT2D eigenvalue weighted by Gasteiger charge is -2.10. The van der Waals surface area contributed by atoms with Gasteiger partial charge in [-0.15, -0.1) is 0 Å². The van der Waals surface area contributed by atoms with E-state index in [4.69, 9.17) is 0 Å². The first kappa shape index (κ1) is 14.5. The molecule has 0 aliphatic carbocycles. The van der Waals surface area contributed by atoms with E-state index in [1.807, 2.05) is 41.9 Å². The molecule has 0 fully saturated rings. The monoisotopic (exact) mass is 314 g/mol. The van der Waals surface area contributed by atoms with Gasteiger partial charge in [0.1, 0.15) is 5.82 Å². The molecule has 0 saturated carbocycles. The molecule has 2 heterocycles. The zero-order valence-corrected chi connectivity index (χ0v) is 13.7. The molecular weight excluding hydrogens is 296 g/mol. The predicted molar refractivity (Wildman–Crippen MR) is 97.6 cm³/mol. The van der Waals surface area contributed by atoms with Crippen LogP contribution < -0.4 is 5.32 Å². The molecule has 0 aliphatic heterocycles. The number of hydrogen-bond acceptors (Lipinski definition) is 3. The van der Waals surface area contributed by atoms with Crippen LogP contribution in [0.2, 0.25) is 0 Å². The second-order valence-electron chi connectivity index (χ2n) is 5.93. The first-order valence-corrected chi connectivity index (χ1v) is 7.95. The van der Waals surface area contributed by atoms with Gasteiger partial charge in [-0.3, -0.25) is 0 Å². The fraction of sp³-hybridized carbons (Fsp3) is 0.100. The van der Waals surface area contributed by atoms with Gasteiger partial charge in [-0.1, -0.05) is 48.0 Å². The zero-order chi connectivity index (χ0) is 16.5. The molecular formula is C20H18N4. The molecule has 0 spiro atoms. The summed E-state index contributed by atoms with van der Waals surface area (Å²) in [6.45, 7) is 4.08. The van der Waals surface area contributed by atoms with E-state index >= 15 is 0 Å². The molecule has 4 rings (SSSR count). The normalized spacial score (nSPS) is 10.9. The van der Waals surface area contributed by atoms with Crippen molar-refractivity contribution in [1.82, 2.24) is 14.6 Å². The maximum Gasteiger partial charge on any atom is 0.165 e. The summed E-state index contributed by atoms with van der Waals surface area (Å²) in [6.07, 6.45) is 1.87. The molecule has 0 atom stereocenters. The highest BCUT2D eigenvalue weighted by Gasteiger charge is 2.12. The van der Waals surface area contributed by atoms with Gasteiger partial charge < -0.3 is 5.32 Å². The largest absolute Gasteiger partial charge is 0.340 e. The van der Waals surface area contributed by atoms with Gasteiger partial charge in [-0.05, 0) is 31.5 Å². The lowest BCUT2D eigenvalue weighted by Crippen LogP contribution is -2.02. The topological polar surface area (TPSA) is 42.2 Å². The average Bonchev–Trinajstić information content (AvgIpc) is 3.01. The minimum absolute atomic E-state index is 0.857. The second kappa shape index (κ2) is 5.81. The van der Waals surface area contributed by atoms with Crippen molar-refractivity contribution in [2.45, 2.75) is 13.8 Å². The van der Waals surface area contributed by atoms with Crippen molar-refractivity contribution in [3.63, 3.8) is 0 Å². The van der Waals surface area contributed by atoms with Gasteiger partial charge in [-0.2, -0.15) is 9.61 Å². The quantitative estimate of drug-likeness (QED) is 0.593. The number of fused-ring (bicyclic) bond motifs is 1. The van der Waals surface area contributed by atoms with Crippen molar-refractivity contribution >= 4 is 17.2 Å². The summed E-state index contributed by atoms with van der Waals surface area (Å²) in [7, 11) is 0. The standard InChI is InChI=1S/C20H18N4/c1-14-8-10-17(11-9-14)23-19-12-15(2)22-20-18(13-21-24(19)20)16-6-4-3-5-7-16/h3-13,23H,1-2H3. The zero-order valence-electron chi connectivity index (χ0n) is 13.7. The summed E-state index contributed by atoms with van der Waals surface area (Å²) in [4.78, 5) is 4.69. The summed E-state index contributed by atoms with van der Waals surface area (Å²) in [5.41, 5.74) is 6.23. The minimum atomic E-state index is 0.857. The van der Waals surface area contributed by atoms with Gasteiger partial charge >= 0.3 is 0 Å². The first-order chi connectivity index (χ1) is 11.7. The maximum atomic E-state index is 4.69. The summed E-state index contributed by atoms with van der Waals surface area (Å²) >= 11 is 0. The Bertz CT molecular complexity index is 986. The lowest BCUT2D eigenvalue weighted by atomic mass is 10.1. The third-order valence-corrected chi connectivity index (χ3v) is 4.01. The summed E-state index contributed by atoms with van der Waals surface area (Å²) < 4.78 is 1.86. The Morgan fingerprint density at radius 1 is 0.917 bits per heavy atom. The van der Waals surface area contributed by atoms with Crippen molar-refractivity contribution in [1.29, 1.82) is 0 Å². The Labute approximate surface area is 140 Å². The fourth-order valence-electron chi connectivity index (χ4n) is 2.78. The van der Waals surface area contributed by atoms with Crippen molar-refractivity contribution in [2.24, 2.45) is 0 Å². The lowest BCUT2D eigenvalue weighted by molar-refractivity contribution is 0.938. The molecule has 4 heteroatoms. The van der Waals surface area contributed by atoms with Crippen molar-refractivity contribution < 1.29 is 0 Å². The molecule has 4 nitrogen and oxygen atoms in total. The van der Waals surface area contributed by atoms with Crippen molar-refractivity contribution in [3.05, 3.63) is 78.1 Å². The van der Waals surface area contributed by atoms with Crippen LogP contribution in [0, 0.1) is 13.8 Å². The molecule has 1 N–H and O–H groups in total. The number of rotatable bonds is 3. The van der Waals surface area contributed by atoms with E-state index in [2.05, 4.69) is 58.7 Å². The summed E-state index contributed by atoms with van der Waals surface area (Å²) in [6, 6.07) is 20.5. The van der Waals surface area contributed by atoms with Gasteiger partial charge in [-0.25, -0.2) is 4.98 Å². The molecule has 0 saturated heterocycles. The molecule has 0 radical (unpaired) electrons. The third kappa shape index (κ3) is 2.63. The molecule has 0 bridgehead atoms. The van der Waals surface area contributed by atoms with E-state index in [0.717, 1.165) is 34.0 Å². The molecule has 2 aromatic carbocycles. The predicted octanol–water partition coefficient (Wildman–Crippen LogP) is 4.76. The van der Waals surface area contributed by atoms with Crippen LogP contribution >= 0.6 is 0 Å². The van der Waals surface area contributed by atoms with Crippen molar-refractivity contribution in [3.8, 4) is 11.1 Å². The first-order valence-electron chi connectivity index (χ1n) is 7.95. The number of aryl methyl sites for hydroxylation is 2. The van der Waals surface area contributed by atoms with Gasteiger partial charge in [0.05, 0.1) is 6.20 Å². The Hall–Kier alpha value is -3.14. The third-order valence-electron chi connectivity index (χ3n) is 4.01. The van der Waals surface area contributed by atoms with Crippen LogP contribution in [-0.2, 0) is 0 Å². The summed E-state index contributed by atoms with van der Waals surface area (Å²) in [5, 5.41) is 7.98. The van der Waals surface area contributed by atoms with Crippen LogP contribution in [0.15, 0.2) is 66.9 Å². The number of nitrogens with one attached hydrogen (secondary N) is 1. The van der Waals surface area contributed by atoms with E-state index in [1.54, 1.807) is 0 Å². The van der Waals surface area contributed by atoms with Crippen LogP contribution in [0.1, 0.15) is 11.3 Å². The molecule has 0 unspecified atom stereocenters. The van der Waals surface area contributed by atoms with E-state index in [9.17, 15) is 0 Å². The molecule has 118 valence electrons. The Morgan fingerprint density at radius 3 is 2.42 bits per heavy atom. The highest BCUT2D eigenvalue weighted by Crippen LogP contribution is 2.26. The smallest absolute Gasteiger partial charge is 0.165 e. The number of benzene rings is 2. The van der Waals surface area contributed by atoms with Crippen LogP contribution in [0.25, 0.3) is 16.8 Å². The molecule has 0 amide bonds. The van der Waals surface area contributed by atoms with E-state index in [-0.39, 0.29) is 0 Å². The fourth-order valence-corrected chi connectivity index (χ4v) is 2.78. The van der Waals surface area contributed by atoms with E-state index in [0.29, 0.717) is 0 Å². The van der Waals surface area contributed by atoms with Gasteiger partial charge in [0, 0.05) is 23.0 Å². The number of anilines is 2. The highest BCUT2D eigenvalue weighted by molar-refractivity contribution is 5.78. The molecule has 0 aliphatic rings. The van der Waals surface area contributed by atoms with E-state index in [1.165, 1.54) is 5.56 Å². The van der Waals surface area contributed by atoms with Gasteiger partial charge in [0.2, 0.25) is 0 Å². The highest BCUT2D eigenvalue weighted by atomic mass is 15.3. The van der Waals surface area contributed by atoms with Gasteiger partial charge in [0.25, 0.3) is 0 Å². The van der Waals surface area contributed by atoms with Gasteiger partial charge in [0.15, 0.2) is 5.65 Å².